The number of benzene rings is 1. The van der Waals surface area contributed by atoms with E-state index in [1.54, 1.807) is 12.1 Å². The van der Waals surface area contributed by atoms with Crippen molar-refractivity contribution in [3.05, 3.63) is 41.5 Å². The Morgan fingerprint density at radius 1 is 1.29 bits per heavy atom. The molecule has 0 amide bonds. The third kappa shape index (κ3) is 3.26. The Morgan fingerprint density at radius 3 is 2.75 bits per heavy atom. The number of hydrogen-bond donors (Lipinski definition) is 1. The summed E-state index contributed by atoms with van der Waals surface area (Å²) in [6.07, 6.45) is 8.40. The van der Waals surface area contributed by atoms with Gasteiger partial charge in [0.25, 0.3) is 0 Å². The van der Waals surface area contributed by atoms with Crippen molar-refractivity contribution in [1.29, 1.82) is 0 Å². The van der Waals surface area contributed by atoms with Crippen molar-refractivity contribution in [3.63, 3.8) is 0 Å². The van der Waals surface area contributed by atoms with Gasteiger partial charge in [0.05, 0.1) is 0 Å². The number of phenols is 1. The van der Waals surface area contributed by atoms with Crippen LogP contribution in [0.4, 0.5) is 0 Å². The van der Waals surface area contributed by atoms with Gasteiger partial charge in [0.2, 0.25) is 0 Å². The zero-order valence-electron chi connectivity index (χ0n) is 14.9. The molecule has 1 aliphatic carbocycles. The summed E-state index contributed by atoms with van der Waals surface area (Å²) in [5.41, 5.74) is 1.73. The molecule has 1 unspecified atom stereocenters. The van der Waals surface area contributed by atoms with E-state index in [0.717, 1.165) is 24.2 Å². The van der Waals surface area contributed by atoms with Gasteiger partial charge in [-0.1, -0.05) is 25.5 Å². The number of carbonyl (C=O) groups excluding carboxylic acids is 1. The maximum atomic E-state index is 11.8. The van der Waals surface area contributed by atoms with Crippen LogP contribution in [0.15, 0.2) is 35.9 Å². The summed E-state index contributed by atoms with van der Waals surface area (Å²) in [5.74, 6) is 1.69. The molecule has 1 aromatic rings. The summed E-state index contributed by atoms with van der Waals surface area (Å²) in [4.78, 5) is 11.8. The maximum Gasteiger partial charge on any atom is 0.156 e. The molecule has 0 fully saturated rings. The Morgan fingerprint density at radius 2 is 2.04 bits per heavy atom. The second kappa shape index (κ2) is 5.80. The van der Waals surface area contributed by atoms with Crippen LogP contribution in [-0.4, -0.2) is 16.5 Å². The first kappa shape index (κ1) is 16.8. The minimum atomic E-state index is -0.359. The lowest BCUT2D eigenvalue weighted by molar-refractivity contribution is -0.117. The monoisotopic (exact) mass is 326 g/mol. The zero-order chi connectivity index (χ0) is 17.5. The molecular formula is C21H26O3. The summed E-state index contributed by atoms with van der Waals surface area (Å²) in [5, 5.41) is 9.58. The van der Waals surface area contributed by atoms with Crippen molar-refractivity contribution >= 4 is 11.9 Å². The van der Waals surface area contributed by atoms with Crippen LogP contribution in [0.25, 0.3) is 6.08 Å². The van der Waals surface area contributed by atoms with Crippen LogP contribution in [0, 0.1) is 11.3 Å². The highest BCUT2D eigenvalue weighted by atomic mass is 16.5. The van der Waals surface area contributed by atoms with Crippen molar-refractivity contribution < 1.29 is 14.6 Å². The first-order valence-electron chi connectivity index (χ1n) is 8.61. The van der Waals surface area contributed by atoms with Crippen molar-refractivity contribution in [3.8, 4) is 11.5 Å². The molecule has 3 heteroatoms. The lowest BCUT2D eigenvalue weighted by atomic mass is 9.66. The molecule has 2 atom stereocenters. The summed E-state index contributed by atoms with van der Waals surface area (Å²) in [6, 6.07) is 5.19. The van der Waals surface area contributed by atoms with Gasteiger partial charge in [-0.05, 0) is 68.4 Å². The van der Waals surface area contributed by atoms with E-state index in [0.29, 0.717) is 12.3 Å². The number of carbonyl (C=O) groups is 1. The molecule has 128 valence electrons. The molecule has 0 saturated carbocycles. The normalized spacial score (nSPS) is 28.1. The Kier molecular flexibility index (Phi) is 4.06. The summed E-state index contributed by atoms with van der Waals surface area (Å²) in [6.45, 7) is 8.54. The fourth-order valence-electron chi connectivity index (χ4n) is 4.09. The number of hydrogen-bond acceptors (Lipinski definition) is 3. The molecule has 0 bridgehead atoms. The fourth-order valence-corrected chi connectivity index (χ4v) is 4.09. The van der Waals surface area contributed by atoms with Gasteiger partial charge in [0.15, 0.2) is 5.78 Å². The van der Waals surface area contributed by atoms with Crippen LogP contribution in [0.3, 0.4) is 0 Å². The number of fused-ring (bicyclic) bond motifs is 1. The van der Waals surface area contributed by atoms with Crippen molar-refractivity contribution in [2.24, 2.45) is 11.3 Å². The van der Waals surface area contributed by atoms with Crippen molar-refractivity contribution in [1.82, 2.24) is 0 Å². The van der Waals surface area contributed by atoms with Crippen LogP contribution < -0.4 is 4.74 Å². The molecule has 0 radical (unpaired) electrons. The molecule has 1 heterocycles. The van der Waals surface area contributed by atoms with E-state index < -0.39 is 0 Å². The molecule has 3 nitrogen and oxygen atoms in total. The van der Waals surface area contributed by atoms with E-state index in [-0.39, 0.29) is 22.5 Å². The SMILES string of the molecule is CC1=CC(=O)CC(C)(C)C1CC[C@@]1(C)C=Cc2cc(O)ccc2O1. The summed E-state index contributed by atoms with van der Waals surface area (Å²) >= 11 is 0. The Balaban J connectivity index is 1.74. The van der Waals surface area contributed by atoms with E-state index in [1.807, 2.05) is 18.2 Å². The van der Waals surface area contributed by atoms with Crippen LogP contribution >= 0.6 is 0 Å². The third-order valence-electron chi connectivity index (χ3n) is 5.39. The van der Waals surface area contributed by atoms with Crippen LogP contribution in [0.5, 0.6) is 11.5 Å². The van der Waals surface area contributed by atoms with Gasteiger partial charge < -0.3 is 9.84 Å². The third-order valence-corrected chi connectivity index (χ3v) is 5.39. The van der Waals surface area contributed by atoms with Crippen molar-refractivity contribution in [2.45, 2.75) is 52.6 Å². The second-order valence-corrected chi connectivity index (χ2v) is 8.08. The number of aromatic hydroxyl groups is 1. The van der Waals surface area contributed by atoms with Gasteiger partial charge in [-0.25, -0.2) is 0 Å². The Hall–Kier alpha value is -2.03. The standard InChI is InChI=1S/C21H26O3/c1-14-11-17(23)13-20(2,3)18(14)8-10-21(4)9-7-15-12-16(22)5-6-19(15)24-21/h5-7,9,11-12,18,22H,8,10,13H2,1-4H3/t18?,21-/m1/s1. The average molecular weight is 326 g/mol. The molecule has 24 heavy (non-hydrogen) atoms. The quantitative estimate of drug-likeness (QED) is 0.859. The maximum absolute atomic E-state index is 11.8. The molecular weight excluding hydrogens is 300 g/mol. The first-order valence-corrected chi connectivity index (χ1v) is 8.61. The van der Waals surface area contributed by atoms with Crippen LogP contribution in [0.1, 0.15) is 52.5 Å². The van der Waals surface area contributed by atoms with Crippen LogP contribution in [-0.2, 0) is 4.79 Å². The van der Waals surface area contributed by atoms with E-state index in [2.05, 4.69) is 33.8 Å². The molecule has 1 aromatic carbocycles. The van der Waals surface area contributed by atoms with Gasteiger partial charge in [-0.2, -0.15) is 0 Å². The predicted octanol–water partition coefficient (Wildman–Crippen LogP) is 4.90. The van der Waals surface area contributed by atoms with Crippen molar-refractivity contribution in [2.75, 3.05) is 0 Å². The second-order valence-electron chi connectivity index (χ2n) is 8.08. The largest absolute Gasteiger partial charge is 0.508 e. The first-order chi connectivity index (χ1) is 11.2. The van der Waals surface area contributed by atoms with E-state index in [1.165, 1.54) is 5.57 Å². The van der Waals surface area contributed by atoms with Gasteiger partial charge in [0, 0.05) is 12.0 Å². The Bertz CT molecular complexity index is 727. The van der Waals surface area contributed by atoms with Gasteiger partial charge in [0.1, 0.15) is 17.1 Å². The molecule has 1 N–H and O–H groups in total. The number of ether oxygens (including phenoxy) is 1. The number of ketones is 1. The molecule has 0 spiro atoms. The number of allylic oxidation sites excluding steroid dienone is 2. The lowest BCUT2D eigenvalue weighted by Crippen LogP contribution is -2.36. The minimum absolute atomic E-state index is 0.00560. The highest BCUT2D eigenvalue weighted by Gasteiger charge is 2.38. The highest BCUT2D eigenvalue weighted by molar-refractivity contribution is 5.91. The fraction of sp³-hybridized carbons (Fsp3) is 0.476. The summed E-state index contributed by atoms with van der Waals surface area (Å²) in [7, 11) is 0. The predicted molar refractivity (Wildman–Crippen MR) is 96.1 cm³/mol. The molecule has 0 aromatic heterocycles. The molecule has 0 saturated heterocycles. The van der Waals surface area contributed by atoms with E-state index >= 15 is 0 Å². The van der Waals surface area contributed by atoms with Gasteiger partial charge in [-0.3, -0.25) is 4.79 Å². The summed E-state index contributed by atoms with van der Waals surface area (Å²) < 4.78 is 6.21. The lowest BCUT2D eigenvalue weighted by Gasteiger charge is -2.40. The Labute approximate surface area is 144 Å². The van der Waals surface area contributed by atoms with Gasteiger partial charge in [-0.15, -0.1) is 0 Å². The number of phenolic OH excluding ortho intramolecular Hbond substituents is 1. The minimum Gasteiger partial charge on any atom is -0.508 e. The molecule has 2 aliphatic rings. The number of rotatable bonds is 3. The van der Waals surface area contributed by atoms with Crippen LogP contribution in [0.2, 0.25) is 0 Å². The molecule has 1 aliphatic heterocycles. The topological polar surface area (TPSA) is 46.5 Å². The molecule has 3 rings (SSSR count). The van der Waals surface area contributed by atoms with E-state index in [9.17, 15) is 9.90 Å². The zero-order valence-corrected chi connectivity index (χ0v) is 14.9. The van der Waals surface area contributed by atoms with Gasteiger partial charge >= 0.3 is 0 Å². The average Bonchev–Trinajstić information content (AvgIpc) is 2.45. The highest BCUT2D eigenvalue weighted by Crippen LogP contribution is 2.44. The van der Waals surface area contributed by atoms with E-state index in [4.69, 9.17) is 4.74 Å². The smallest absolute Gasteiger partial charge is 0.156 e.